The quantitative estimate of drug-likeness (QED) is 0.375. The number of amides is 1. The maximum atomic E-state index is 13.1. The van der Waals surface area contributed by atoms with E-state index in [0.717, 1.165) is 16.8 Å². The summed E-state index contributed by atoms with van der Waals surface area (Å²) in [5.74, 6) is -1.09. The molecule has 4 rings (SSSR count). The van der Waals surface area contributed by atoms with Crippen molar-refractivity contribution in [1.29, 1.82) is 0 Å². The number of rotatable bonds is 7. The van der Waals surface area contributed by atoms with Gasteiger partial charge >= 0.3 is 5.97 Å². The largest absolute Gasteiger partial charge is 0.488 e. The van der Waals surface area contributed by atoms with Gasteiger partial charge in [-0.2, -0.15) is 0 Å². The number of carbonyl (C=O) groups excluding carboxylic acids is 3. The summed E-state index contributed by atoms with van der Waals surface area (Å²) in [5, 5.41) is 0. The molecule has 34 heavy (non-hydrogen) atoms. The molecule has 0 bridgehead atoms. The molecule has 0 saturated heterocycles. The Morgan fingerprint density at radius 1 is 1.03 bits per heavy atom. The van der Waals surface area contributed by atoms with Crippen LogP contribution in [-0.2, 0) is 22.6 Å². The van der Waals surface area contributed by atoms with Crippen LogP contribution in [-0.4, -0.2) is 30.3 Å². The molecule has 1 amide bonds. The topological polar surface area (TPSA) is 72.9 Å². The van der Waals surface area contributed by atoms with Crippen LogP contribution in [0.3, 0.4) is 0 Å². The Morgan fingerprint density at radius 3 is 2.50 bits per heavy atom. The lowest BCUT2D eigenvalue weighted by atomic mass is 10.0. The summed E-state index contributed by atoms with van der Waals surface area (Å²) in [6, 6.07) is 17.6. The number of fused-ring (bicyclic) bond motifs is 1. The van der Waals surface area contributed by atoms with Crippen LogP contribution in [0.4, 0.5) is 10.1 Å². The number of anilines is 1. The number of esters is 1. The first-order chi connectivity index (χ1) is 16.3. The minimum atomic E-state index is -1.01. The third kappa shape index (κ3) is 4.98. The van der Waals surface area contributed by atoms with Crippen molar-refractivity contribution >= 4 is 23.3 Å². The van der Waals surface area contributed by atoms with Crippen LogP contribution in [0.1, 0.15) is 45.7 Å². The fourth-order valence-electron chi connectivity index (χ4n) is 3.90. The standard InChI is InChI=1S/C27H24FNO5/c1-17(26(31)21-9-12-24-20(15-21)13-14-29(24)18(2)30)34-27(32)23-5-3-4-6-25(23)33-16-19-7-10-22(28)11-8-19/h3-12,15,17H,13-14,16H2,1-2H3. The van der Waals surface area contributed by atoms with Crippen molar-refractivity contribution in [3.63, 3.8) is 0 Å². The van der Waals surface area contributed by atoms with Crippen molar-refractivity contribution in [1.82, 2.24) is 0 Å². The fourth-order valence-corrected chi connectivity index (χ4v) is 3.90. The van der Waals surface area contributed by atoms with Crippen LogP contribution in [0.2, 0.25) is 0 Å². The number of halogens is 1. The number of ether oxygens (including phenoxy) is 2. The van der Waals surface area contributed by atoms with Crippen molar-refractivity contribution < 1.29 is 28.2 Å². The van der Waals surface area contributed by atoms with Crippen LogP contribution < -0.4 is 9.64 Å². The Hall–Kier alpha value is -4.00. The van der Waals surface area contributed by atoms with E-state index in [1.807, 2.05) is 0 Å². The minimum Gasteiger partial charge on any atom is -0.488 e. The molecule has 6 nitrogen and oxygen atoms in total. The fraction of sp³-hybridized carbons (Fsp3) is 0.222. The van der Waals surface area contributed by atoms with Crippen LogP contribution >= 0.6 is 0 Å². The number of benzene rings is 3. The maximum Gasteiger partial charge on any atom is 0.342 e. The van der Waals surface area contributed by atoms with E-state index in [-0.39, 0.29) is 29.7 Å². The molecule has 0 fully saturated rings. The zero-order chi connectivity index (χ0) is 24.2. The van der Waals surface area contributed by atoms with Gasteiger partial charge in [-0.3, -0.25) is 9.59 Å². The van der Waals surface area contributed by atoms with Gasteiger partial charge in [0.1, 0.15) is 23.7 Å². The lowest BCUT2D eigenvalue weighted by Gasteiger charge is -2.16. The number of nitrogens with zero attached hydrogens (tertiary/aromatic N) is 1. The van der Waals surface area contributed by atoms with E-state index in [1.165, 1.54) is 26.0 Å². The van der Waals surface area contributed by atoms with Crippen LogP contribution in [0.25, 0.3) is 0 Å². The molecule has 0 radical (unpaired) electrons. The van der Waals surface area contributed by atoms with E-state index in [9.17, 15) is 18.8 Å². The van der Waals surface area contributed by atoms with Gasteiger partial charge in [0.25, 0.3) is 0 Å². The molecule has 174 valence electrons. The van der Waals surface area contributed by atoms with Crippen LogP contribution in [0, 0.1) is 5.82 Å². The zero-order valence-electron chi connectivity index (χ0n) is 18.9. The SMILES string of the molecule is CC(=O)N1CCc2cc(C(=O)C(C)OC(=O)c3ccccc3OCc3ccc(F)cc3)ccc21. The van der Waals surface area contributed by atoms with Gasteiger partial charge in [-0.05, 0) is 66.9 Å². The Morgan fingerprint density at radius 2 is 1.76 bits per heavy atom. The van der Waals surface area contributed by atoms with E-state index in [1.54, 1.807) is 59.5 Å². The summed E-state index contributed by atoms with van der Waals surface area (Å²) >= 11 is 0. The highest BCUT2D eigenvalue weighted by molar-refractivity contribution is 6.03. The number of hydrogen-bond acceptors (Lipinski definition) is 5. The van der Waals surface area contributed by atoms with E-state index in [0.29, 0.717) is 24.3 Å². The first-order valence-corrected chi connectivity index (χ1v) is 11.0. The normalized spacial score (nSPS) is 13.2. The van der Waals surface area contributed by atoms with Crippen molar-refractivity contribution in [3.05, 3.63) is 94.8 Å². The Balaban J connectivity index is 1.43. The summed E-state index contributed by atoms with van der Waals surface area (Å²) in [4.78, 5) is 39.2. The predicted octanol–water partition coefficient (Wildman–Crippen LogP) is 4.74. The molecule has 1 aliphatic rings. The molecule has 1 heterocycles. The summed E-state index contributed by atoms with van der Waals surface area (Å²) in [6.07, 6.45) is -0.343. The van der Waals surface area contributed by atoms with Gasteiger partial charge < -0.3 is 14.4 Å². The number of carbonyl (C=O) groups is 3. The molecule has 3 aromatic rings. The molecule has 3 aromatic carbocycles. The zero-order valence-corrected chi connectivity index (χ0v) is 18.9. The van der Waals surface area contributed by atoms with Crippen molar-refractivity contribution in [2.45, 2.75) is 33.0 Å². The first-order valence-electron chi connectivity index (χ1n) is 11.0. The Bertz CT molecular complexity index is 1240. The molecule has 1 atom stereocenters. The van der Waals surface area contributed by atoms with Crippen molar-refractivity contribution in [2.75, 3.05) is 11.4 Å². The van der Waals surface area contributed by atoms with Gasteiger partial charge in [-0.15, -0.1) is 0 Å². The lowest BCUT2D eigenvalue weighted by molar-refractivity contribution is -0.116. The smallest absolute Gasteiger partial charge is 0.342 e. The third-order valence-corrected chi connectivity index (χ3v) is 5.71. The molecule has 0 aliphatic carbocycles. The summed E-state index contributed by atoms with van der Waals surface area (Å²) in [7, 11) is 0. The second-order valence-corrected chi connectivity index (χ2v) is 8.09. The van der Waals surface area contributed by atoms with Gasteiger partial charge in [-0.1, -0.05) is 24.3 Å². The highest BCUT2D eigenvalue weighted by atomic mass is 19.1. The van der Waals surface area contributed by atoms with Crippen LogP contribution in [0.15, 0.2) is 66.7 Å². The molecule has 0 N–H and O–H groups in total. The Kier molecular flexibility index (Phi) is 6.72. The second-order valence-electron chi connectivity index (χ2n) is 8.09. The van der Waals surface area contributed by atoms with E-state index in [2.05, 4.69) is 0 Å². The third-order valence-electron chi connectivity index (χ3n) is 5.71. The number of ketones is 1. The van der Waals surface area contributed by atoms with Crippen molar-refractivity contribution in [3.8, 4) is 5.75 Å². The molecular weight excluding hydrogens is 437 g/mol. The van der Waals surface area contributed by atoms with Crippen molar-refractivity contribution in [2.24, 2.45) is 0 Å². The number of hydrogen-bond donors (Lipinski definition) is 0. The van der Waals surface area contributed by atoms with Crippen LogP contribution in [0.5, 0.6) is 5.75 Å². The van der Waals surface area contributed by atoms with E-state index >= 15 is 0 Å². The lowest BCUT2D eigenvalue weighted by Crippen LogP contribution is -2.26. The number of para-hydroxylation sites is 1. The van der Waals surface area contributed by atoms with E-state index < -0.39 is 12.1 Å². The summed E-state index contributed by atoms with van der Waals surface area (Å²) in [5.41, 5.74) is 3.08. The molecular formula is C27H24FNO5. The molecule has 0 spiro atoms. The molecule has 1 unspecified atom stereocenters. The van der Waals surface area contributed by atoms with Gasteiger partial charge in [0.15, 0.2) is 6.10 Å². The molecule has 1 aliphatic heterocycles. The summed E-state index contributed by atoms with van der Waals surface area (Å²) < 4.78 is 24.3. The molecule has 7 heteroatoms. The maximum absolute atomic E-state index is 13.1. The van der Waals surface area contributed by atoms with Gasteiger partial charge in [0.2, 0.25) is 11.7 Å². The van der Waals surface area contributed by atoms with Gasteiger partial charge in [0, 0.05) is 24.7 Å². The second kappa shape index (κ2) is 9.87. The first kappa shape index (κ1) is 23.2. The summed E-state index contributed by atoms with van der Waals surface area (Å²) in [6.45, 7) is 3.77. The Labute approximate surface area is 196 Å². The monoisotopic (exact) mass is 461 g/mol. The highest BCUT2D eigenvalue weighted by Crippen LogP contribution is 2.29. The highest BCUT2D eigenvalue weighted by Gasteiger charge is 2.26. The van der Waals surface area contributed by atoms with Gasteiger partial charge in [0.05, 0.1) is 0 Å². The van der Waals surface area contributed by atoms with Gasteiger partial charge in [-0.25, -0.2) is 9.18 Å². The van der Waals surface area contributed by atoms with E-state index in [4.69, 9.17) is 9.47 Å². The molecule has 0 saturated carbocycles. The predicted molar refractivity (Wildman–Crippen MR) is 125 cm³/mol. The average Bonchev–Trinajstić information content (AvgIpc) is 3.27. The molecule has 0 aromatic heterocycles. The average molecular weight is 461 g/mol. The number of Topliss-reactive ketones (excluding diaryl/α,β-unsaturated/α-hetero) is 1. The minimum absolute atomic E-state index is 0.0413.